The molecule has 6 nitrogen and oxygen atoms in total. The summed E-state index contributed by atoms with van der Waals surface area (Å²) >= 11 is 1.59. The number of nitrogens with one attached hydrogen (secondary N) is 1. The van der Waals surface area contributed by atoms with Gasteiger partial charge >= 0.3 is 0 Å². The van der Waals surface area contributed by atoms with Crippen LogP contribution in [0, 0.1) is 0 Å². The number of carbonyl (C=O) groups excluding carboxylic acids is 1. The van der Waals surface area contributed by atoms with Crippen molar-refractivity contribution in [1.29, 1.82) is 0 Å². The van der Waals surface area contributed by atoms with Gasteiger partial charge in [0.1, 0.15) is 6.04 Å². The molecule has 1 aromatic rings. The molecular weight excluding hydrogens is 250 g/mol. The summed E-state index contributed by atoms with van der Waals surface area (Å²) in [7, 11) is 0. The first-order chi connectivity index (χ1) is 8.69. The molecule has 3 N–H and O–H groups in total. The van der Waals surface area contributed by atoms with Crippen molar-refractivity contribution >= 4 is 17.2 Å². The maximum atomic E-state index is 11.4. The number of rotatable bonds is 8. The lowest BCUT2D eigenvalue weighted by molar-refractivity contribution is -0.120. The lowest BCUT2D eigenvalue weighted by atomic mass is 10.2. The summed E-state index contributed by atoms with van der Waals surface area (Å²) in [5.74, 6) is -0.386. The highest BCUT2D eigenvalue weighted by Gasteiger charge is 2.18. The third-order valence-corrected chi connectivity index (χ3v) is 3.74. The Labute approximate surface area is 110 Å². The predicted molar refractivity (Wildman–Crippen MR) is 72.3 cm³/mol. The summed E-state index contributed by atoms with van der Waals surface area (Å²) in [4.78, 5) is 16.2. The van der Waals surface area contributed by atoms with Crippen molar-refractivity contribution in [3.63, 3.8) is 0 Å². The molecule has 0 saturated heterocycles. The second kappa shape index (κ2) is 7.71. The van der Waals surface area contributed by atoms with E-state index in [4.69, 9.17) is 11.3 Å². The van der Waals surface area contributed by atoms with E-state index in [0.29, 0.717) is 19.5 Å². The summed E-state index contributed by atoms with van der Waals surface area (Å²) in [5.41, 5.74) is 13.5. The first-order valence-electron chi connectivity index (χ1n) is 5.81. The van der Waals surface area contributed by atoms with E-state index in [1.54, 1.807) is 11.3 Å². The third kappa shape index (κ3) is 4.37. The number of azide groups is 1. The molecule has 1 amide bonds. The Hall–Kier alpha value is -1.56. The predicted octanol–water partition coefficient (Wildman–Crippen LogP) is 2.13. The second-order valence-electron chi connectivity index (χ2n) is 3.76. The van der Waals surface area contributed by atoms with Gasteiger partial charge in [-0.25, -0.2) is 0 Å². The van der Waals surface area contributed by atoms with E-state index in [-0.39, 0.29) is 5.91 Å². The standard InChI is InChI=1S/C11H17N5OS/c1-2-8-4-5-9(18-8)10(11(12)17)14-6-3-7-15-16-13/h4-5,10,14H,2-3,6-7H2,1H3,(H2,12,17). The number of hydrogen-bond acceptors (Lipinski definition) is 4. The van der Waals surface area contributed by atoms with Gasteiger partial charge in [0, 0.05) is 21.2 Å². The second-order valence-corrected chi connectivity index (χ2v) is 4.96. The van der Waals surface area contributed by atoms with E-state index >= 15 is 0 Å². The molecule has 0 aliphatic carbocycles. The normalized spacial score (nSPS) is 11.8. The lowest BCUT2D eigenvalue weighted by Gasteiger charge is -2.13. The average Bonchev–Trinajstić information content (AvgIpc) is 2.81. The van der Waals surface area contributed by atoms with Gasteiger partial charge in [-0.2, -0.15) is 0 Å². The Morgan fingerprint density at radius 2 is 2.44 bits per heavy atom. The van der Waals surface area contributed by atoms with Crippen molar-refractivity contribution in [3.8, 4) is 0 Å². The zero-order valence-corrected chi connectivity index (χ0v) is 11.1. The van der Waals surface area contributed by atoms with Gasteiger partial charge in [-0.05, 0) is 37.1 Å². The number of aryl methyl sites for hydroxylation is 1. The first-order valence-corrected chi connectivity index (χ1v) is 6.62. The molecule has 0 radical (unpaired) electrons. The maximum Gasteiger partial charge on any atom is 0.239 e. The minimum Gasteiger partial charge on any atom is -0.368 e. The van der Waals surface area contributed by atoms with Crippen LogP contribution in [-0.2, 0) is 11.2 Å². The van der Waals surface area contributed by atoms with E-state index in [2.05, 4.69) is 22.3 Å². The molecule has 1 unspecified atom stereocenters. The molecule has 1 aromatic heterocycles. The fraction of sp³-hybridized carbons (Fsp3) is 0.545. The van der Waals surface area contributed by atoms with Crippen LogP contribution in [0.25, 0.3) is 10.4 Å². The Morgan fingerprint density at radius 1 is 1.67 bits per heavy atom. The Kier molecular flexibility index (Phi) is 6.21. The van der Waals surface area contributed by atoms with Crippen molar-refractivity contribution in [2.24, 2.45) is 10.8 Å². The van der Waals surface area contributed by atoms with E-state index in [0.717, 1.165) is 11.3 Å². The van der Waals surface area contributed by atoms with E-state index in [9.17, 15) is 4.79 Å². The lowest BCUT2D eigenvalue weighted by Crippen LogP contribution is -2.33. The number of amides is 1. The Balaban J connectivity index is 2.54. The zero-order chi connectivity index (χ0) is 13.4. The molecule has 0 fully saturated rings. The fourth-order valence-electron chi connectivity index (χ4n) is 1.52. The molecular formula is C11H17N5OS. The van der Waals surface area contributed by atoms with Crippen LogP contribution < -0.4 is 11.1 Å². The van der Waals surface area contributed by atoms with E-state index in [1.165, 1.54) is 4.88 Å². The number of primary amides is 1. The van der Waals surface area contributed by atoms with Crippen LogP contribution in [0.1, 0.15) is 29.1 Å². The van der Waals surface area contributed by atoms with Crippen LogP contribution in [0.15, 0.2) is 17.2 Å². The minimum atomic E-state index is -0.457. The SMILES string of the molecule is CCc1ccc(C(NCCCN=[N+]=[N-])C(N)=O)s1. The monoisotopic (exact) mass is 267 g/mol. The number of carbonyl (C=O) groups is 1. The third-order valence-electron chi connectivity index (χ3n) is 2.45. The van der Waals surface area contributed by atoms with Gasteiger partial charge in [-0.3, -0.25) is 4.79 Å². The van der Waals surface area contributed by atoms with Crippen LogP contribution >= 0.6 is 11.3 Å². The molecule has 98 valence electrons. The molecule has 1 atom stereocenters. The van der Waals surface area contributed by atoms with Crippen LogP contribution in [0.5, 0.6) is 0 Å². The molecule has 0 bridgehead atoms. The summed E-state index contributed by atoms with van der Waals surface area (Å²) in [6.45, 7) is 3.08. The topological polar surface area (TPSA) is 104 Å². The Bertz CT molecular complexity index is 438. The zero-order valence-electron chi connectivity index (χ0n) is 10.3. The summed E-state index contributed by atoms with van der Waals surface area (Å²) in [6.07, 6.45) is 1.63. The van der Waals surface area contributed by atoms with E-state index < -0.39 is 6.04 Å². The van der Waals surface area contributed by atoms with Gasteiger partial charge in [-0.15, -0.1) is 11.3 Å². The number of nitrogens with two attached hydrogens (primary N) is 1. The van der Waals surface area contributed by atoms with Crippen LogP contribution in [-0.4, -0.2) is 19.0 Å². The molecule has 18 heavy (non-hydrogen) atoms. The van der Waals surface area contributed by atoms with Crippen molar-refractivity contribution in [3.05, 3.63) is 32.3 Å². The molecule has 0 spiro atoms. The minimum absolute atomic E-state index is 0.386. The molecule has 0 aromatic carbocycles. The smallest absolute Gasteiger partial charge is 0.239 e. The highest BCUT2D eigenvalue weighted by molar-refractivity contribution is 7.12. The van der Waals surface area contributed by atoms with Crippen LogP contribution in [0.2, 0.25) is 0 Å². The summed E-state index contributed by atoms with van der Waals surface area (Å²) < 4.78 is 0. The van der Waals surface area contributed by atoms with Crippen LogP contribution in [0.4, 0.5) is 0 Å². The summed E-state index contributed by atoms with van der Waals surface area (Å²) in [5, 5.41) is 6.51. The van der Waals surface area contributed by atoms with Crippen LogP contribution in [0.3, 0.4) is 0 Å². The number of nitrogens with zero attached hydrogens (tertiary/aromatic N) is 3. The average molecular weight is 267 g/mol. The maximum absolute atomic E-state index is 11.4. The first kappa shape index (κ1) is 14.5. The quantitative estimate of drug-likeness (QED) is 0.326. The van der Waals surface area contributed by atoms with Gasteiger partial charge in [0.2, 0.25) is 5.91 Å². The largest absolute Gasteiger partial charge is 0.368 e. The molecule has 1 heterocycles. The number of hydrogen-bond donors (Lipinski definition) is 2. The molecule has 0 aliphatic rings. The van der Waals surface area contributed by atoms with Crippen molar-refractivity contribution in [2.75, 3.05) is 13.1 Å². The Morgan fingerprint density at radius 3 is 3.00 bits per heavy atom. The van der Waals surface area contributed by atoms with Crippen molar-refractivity contribution in [1.82, 2.24) is 5.32 Å². The summed E-state index contributed by atoms with van der Waals surface area (Å²) in [6, 6.07) is 3.48. The van der Waals surface area contributed by atoms with Crippen molar-refractivity contribution < 1.29 is 4.79 Å². The molecule has 7 heteroatoms. The molecule has 0 aliphatic heterocycles. The highest BCUT2D eigenvalue weighted by Crippen LogP contribution is 2.23. The van der Waals surface area contributed by atoms with Crippen molar-refractivity contribution in [2.45, 2.75) is 25.8 Å². The van der Waals surface area contributed by atoms with E-state index in [1.807, 2.05) is 12.1 Å². The fourth-order valence-corrected chi connectivity index (χ4v) is 2.56. The van der Waals surface area contributed by atoms with Gasteiger partial charge in [0.25, 0.3) is 0 Å². The highest BCUT2D eigenvalue weighted by atomic mass is 32.1. The molecule has 1 rings (SSSR count). The van der Waals surface area contributed by atoms with Gasteiger partial charge in [0.15, 0.2) is 0 Å². The molecule has 0 saturated carbocycles. The van der Waals surface area contributed by atoms with Gasteiger partial charge < -0.3 is 11.1 Å². The number of thiophene rings is 1. The van der Waals surface area contributed by atoms with Gasteiger partial charge in [0.05, 0.1) is 0 Å². The van der Waals surface area contributed by atoms with Gasteiger partial charge in [-0.1, -0.05) is 12.0 Å².